The molecule has 114 valence electrons. The molecule has 2 atom stereocenters. The lowest BCUT2D eigenvalue weighted by molar-refractivity contribution is -0.138. The first-order chi connectivity index (χ1) is 10.5. The van der Waals surface area contributed by atoms with Crippen molar-refractivity contribution >= 4 is 23.2 Å². The van der Waals surface area contributed by atoms with Gasteiger partial charge in [0, 0.05) is 10.6 Å². The van der Waals surface area contributed by atoms with Crippen LogP contribution in [0, 0.1) is 28.6 Å². The molecule has 4 aliphatic rings. The monoisotopic (exact) mass is 314 g/mol. The van der Waals surface area contributed by atoms with E-state index in [4.69, 9.17) is 16.9 Å². The standard InChI is InChI=1S/C18H19ClN2O/c19-18-8-13-4-14(9-18)7-17(6-13,11-18)16(22)21-15-3-1-2-12(5-15)10-20/h1-3,5,13-14H,4,6-9,11H2,(H,21,22)/t13-,14-,17?,18?/m1/s1. The van der Waals surface area contributed by atoms with Crippen molar-refractivity contribution in [2.24, 2.45) is 17.3 Å². The van der Waals surface area contributed by atoms with Crippen LogP contribution in [0.2, 0.25) is 0 Å². The molecule has 4 fully saturated rings. The van der Waals surface area contributed by atoms with Crippen molar-refractivity contribution in [3.05, 3.63) is 29.8 Å². The van der Waals surface area contributed by atoms with E-state index in [2.05, 4.69) is 11.4 Å². The summed E-state index contributed by atoms with van der Waals surface area (Å²) in [5, 5.41) is 12.0. The summed E-state index contributed by atoms with van der Waals surface area (Å²) >= 11 is 6.79. The van der Waals surface area contributed by atoms with E-state index in [1.54, 1.807) is 18.2 Å². The maximum Gasteiger partial charge on any atom is 0.230 e. The first kappa shape index (κ1) is 14.1. The number of anilines is 1. The number of nitrogens with zero attached hydrogens (tertiary/aromatic N) is 1. The van der Waals surface area contributed by atoms with Gasteiger partial charge in [0.15, 0.2) is 0 Å². The zero-order chi connectivity index (χ0) is 15.4. The Balaban J connectivity index is 1.59. The van der Waals surface area contributed by atoms with Crippen LogP contribution in [0.5, 0.6) is 0 Å². The normalized spacial score (nSPS) is 38.5. The lowest BCUT2D eigenvalue weighted by atomic mass is 9.49. The van der Waals surface area contributed by atoms with E-state index in [0.717, 1.165) is 32.1 Å². The minimum absolute atomic E-state index is 0.0988. The number of alkyl halides is 1. The summed E-state index contributed by atoms with van der Waals surface area (Å²) in [6, 6.07) is 9.23. The second kappa shape index (κ2) is 4.73. The molecular weight excluding hydrogens is 296 g/mol. The molecule has 0 radical (unpaired) electrons. The number of nitriles is 1. The fraction of sp³-hybridized carbons (Fsp3) is 0.556. The van der Waals surface area contributed by atoms with Gasteiger partial charge in [0.2, 0.25) is 5.91 Å². The van der Waals surface area contributed by atoms with Gasteiger partial charge < -0.3 is 5.32 Å². The van der Waals surface area contributed by atoms with Crippen LogP contribution in [0.4, 0.5) is 5.69 Å². The van der Waals surface area contributed by atoms with E-state index in [1.807, 2.05) is 6.07 Å². The predicted molar refractivity (Wildman–Crippen MR) is 85.5 cm³/mol. The molecule has 0 spiro atoms. The highest BCUT2D eigenvalue weighted by Crippen LogP contribution is 2.64. The lowest BCUT2D eigenvalue weighted by Crippen LogP contribution is -2.57. The highest BCUT2D eigenvalue weighted by Gasteiger charge is 2.60. The van der Waals surface area contributed by atoms with E-state index < -0.39 is 0 Å². The third-order valence-corrected chi connectivity index (χ3v) is 6.16. The summed E-state index contributed by atoms with van der Waals surface area (Å²) in [6.07, 6.45) is 6.14. The molecule has 3 nitrogen and oxygen atoms in total. The number of hydrogen-bond acceptors (Lipinski definition) is 2. The number of carbonyl (C=O) groups excluding carboxylic acids is 1. The van der Waals surface area contributed by atoms with Gasteiger partial charge in [-0.1, -0.05) is 6.07 Å². The van der Waals surface area contributed by atoms with E-state index in [-0.39, 0.29) is 16.2 Å². The van der Waals surface area contributed by atoms with Gasteiger partial charge in [-0.3, -0.25) is 4.79 Å². The van der Waals surface area contributed by atoms with Crippen molar-refractivity contribution in [1.82, 2.24) is 0 Å². The van der Waals surface area contributed by atoms with Crippen molar-refractivity contribution in [2.75, 3.05) is 5.32 Å². The third kappa shape index (κ3) is 2.21. The van der Waals surface area contributed by atoms with Crippen LogP contribution in [0.15, 0.2) is 24.3 Å². The third-order valence-electron chi connectivity index (χ3n) is 5.72. The largest absolute Gasteiger partial charge is 0.326 e. The van der Waals surface area contributed by atoms with Crippen LogP contribution in [-0.2, 0) is 4.79 Å². The van der Waals surface area contributed by atoms with Crippen LogP contribution in [0.1, 0.15) is 44.1 Å². The molecular formula is C18H19ClN2O. The Hall–Kier alpha value is -1.53. The SMILES string of the molecule is N#Cc1cccc(NC(=O)C23C[C@H]4C[C@@H](CC(Cl)(C4)C2)C3)c1. The summed E-state index contributed by atoms with van der Waals surface area (Å²) in [7, 11) is 0. The maximum absolute atomic E-state index is 13.0. The molecule has 1 aromatic rings. The van der Waals surface area contributed by atoms with Gasteiger partial charge in [0.05, 0.1) is 17.0 Å². The molecule has 4 bridgehead atoms. The van der Waals surface area contributed by atoms with Crippen molar-refractivity contribution in [3.8, 4) is 6.07 Å². The Bertz CT molecular complexity index is 664. The Kier molecular flexibility index (Phi) is 3.03. The molecule has 4 aliphatic carbocycles. The van der Waals surface area contributed by atoms with Crippen molar-refractivity contribution in [1.29, 1.82) is 5.26 Å². The topological polar surface area (TPSA) is 52.9 Å². The quantitative estimate of drug-likeness (QED) is 0.836. The first-order valence-electron chi connectivity index (χ1n) is 8.01. The number of hydrogen-bond donors (Lipinski definition) is 1. The number of carbonyl (C=O) groups is 1. The minimum atomic E-state index is -0.297. The first-order valence-corrected chi connectivity index (χ1v) is 8.39. The van der Waals surface area contributed by atoms with Gasteiger partial charge in [-0.25, -0.2) is 0 Å². The Morgan fingerprint density at radius 1 is 1.27 bits per heavy atom. The molecule has 0 aromatic heterocycles. The number of benzene rings is 1. The zero-order valence-electron chi connectivity index (χ0n) is 12.4. The number of nitrogens with one attached hydrogen (secondary N) is 1. The Morgan fingerprint density at radius 2 is 2.00 bits per heavy atom. The van der Waals surface area contributed by atoms with Gasteiger partial charge in [-0.2, -0.15) is 5.26 Å². The molecule has 4 saturated carbocycles. The molecule has 0 heterocycles. The van der Waals surface area contributed by atoms with Crippen LogP contribution < -0.4 is 5.32 Å². The fourth-order valence-electron chi connectivity index (χ4n) is 5.35. The molecule has 1 N–H and O–H groups in total. The summed E-state index contributed by atoms with van der Waals surface area (Å²) in [5.74, 6) is 1.31. The number of rotatable bonds is 2. The molecule has 0 unspecified atom stereocenters. The van der Waals surface area contributed by atoms with Gasteiger partial charge in [0.25, 0.3) is 0 Å². The average molecular weight is 315 g/mol. The van der Waals surface area contributed by atoms with E-state index >= 15 is 0 Å². The lowest BCUT2D eigenvalue weighted by Gasteiger charge is -2.59. The van der Waals surface area contributed by atoms with Crippen molar-refractivity contribution in [2.45, 2.75) is 43.4 Å². The molecule has 5 rings (SSSR count). The summed E-state index contributed by atoms with van der Waals surface area (Å²) in [6.45, 7) is 0. The summed E-state index contributed by atoms with van der Waals surface area (Å²) < 4.78 is 0. The summed E-state index contributed by atoms with van der Waals surface area (Å²) in [5.41, 5.74) is 0.981. The molecule has 1 aromatic carbocycles. The average Bonchev–Trinajstić information content (AvgIpc) is 2.45. The number of halogens is 1. The van der Waals surface area contributed by atoms with Gasteiger partial charge in [-0.05, 0) is 68.6 Å². The molecule has 0 aliphatic heterocycles. The zero-order valence-corrected chi connectivity index (χ0v) is 13.2. The van der Waals surface area contributed by atoms with Crippen LogP contribution in [-0.4, -0.2) is 10.8 Å². The van der Waals surface area contributed by atoms with Gasteiger partial charge in [0.1, 0.15) is 0 Å². The van der Waals surface area contributed by atoms with E-state index in [1.165, 1.54) is 6.42 Å². The molecule has 0 saturated heterocycles. The van der Waals surface area contributed by atoms with Crippen LogP contribution in [0.25, 0.3) is 0 Å². The molecule has 4 heteroatoms. The highest BCUT2D eigenvalue weighted by molar-refractivity contribution is 6.24. The van der Waals surface area contributed by atoms with Gasteiger partial charge >= 0.3 is 0 Å². The fourth-order valence-corrected chi connectivity index (χ4v) is 6.04. The Labute approximate surface area is 135 Å². The second-order valence-electron chi connectivity index (χ2n) is 7.54. The van der Waals surface area contributed by atoms with E-state index in [0.29, 0.717) is 23.1 Å². The molecule has 22 heavy (non-hydrogen) atoms. The number of amides is 1. The van der Waals surface area contributed by atoms with Gasteiger partial charge in [-0.15, -0.1) is 11.6 Å². The van der Waals surface area contributed by atoms with Crippen LogP contribution >= 0.6 is 11.6 Å². The van der Waals surface area contributed by atoms with Crippen LogP contribution in [0.3, 0.4) is 0 Å². The molecule has 1 amide bonds. The highest BCUT2D eigenvalue weighted by atomic mass is 35.5. The summed E-state index contributed by atoms with van der Waals surface area (Å²) in [4.78, 5) is 12.8. The maximum atomic E-state index is 13.0. The second-order valence-corrected chi connectivity index (χ2v) is 8.34. The minimum Gasteiger partial charge on any atom is -0.326 e. The van der Waals surface area contributed by atoms with Crippen molar-refractivity contribution in [3.63, 3.8) is 0 Å². The van der Waals surface area contributed by atoms with Crippen molar-refractivity contribution < 1.29 is 4.79 Å². The predicted octanol–water partition coefficient (Wildman–Crippen LogP) is 4.07. The smallest absolute Gasteiger partial charge is 0.230 e. The van der Waals surface area contributed by atoms with E-state index in [9.17, 15) is 4.79 Å². The Morgan fingerprint density at radius 3 is 2.64 bits per heavy atom.